The molecule has 0 spiro atoms. The maximum Gasteiger partial charge on any atom is 0.407 e. The SMILES string of the molecule is COc1cnc(NCCCNC(=O)OC(C)(C)C)nc1. The molecule has 112 valence electrons. The van der Waals surface area contributed by atoms with E-state index in [1.807, 2.05) is 20.8 Å². The quantitative estimate of drug-likeness (QED) is 0.774. The molecule has 0 fully saturated rings. The molecule has 0 aliphatic rings. The lowest BCUT2D eigenvalue weighted by Crippen LogP contribution is -2.33. The van der Waals surface area contributed by atoms with E-state index >= 15 is 0 Å². The molecule has 0 aliphatic heterocycles. The molecule has 7 nitrogen and oxygen atoms in total. The Morgan fingerprint density at radius 3 is 2.45 bits per heavy atom. The van der Waals surface area contributed by atoms with Crippen molar-refractivity contribution in [3.63, 3.8) is 0 Å². The summed E-state index contributed by atoms with van der Waals surface area (Å²) in [5.41, 5.74) is -0.473. The number of amides is 1. The topological polar surface area (TPSA) is 85.4 Å². The van der Waals surface area contributed by atoms with Crippen molar-refractivity contribution in [1.82, 2.24) is 15.3 Å². The van der Waals surface area contributed by atoms with Gasteiger partial charge >= 0.3 is 6.09 Å². The summed E-state index contributed by atoms with van der Waals surface area (Å²) in [5, 5.41) is 5.73. The maximum absolute atomic E-state index is 11.4. The molecule has 0 aromatic carbocycles. The van der Waals surface area contributed by atoms with Gasteiger partial charge in [0, 0.05) is 13.1 Å². The Hall–Kier alpha value is -2.05. The van der Waals surface area contributed by atoms with Crippen molar-refractivity contribution in [3.8, 4) is 5.75 Å². The lowest BCUT2D eigenvalue weighted by molar-refractivity contribution is 0.0528. The highest BCUT2D eigenvalue weighted by Gasteiger charge is 2.15. The molecule has 0 unspecified atom stereocenters. The van der Waals surface area contributed by atoms with Crippen LogP contribution in [-0.4, -0.2) is 41.9 Å². The van der Waals surface area contributed by atoms with Gasteiger partial charge in [-0.05, 0) is 27.2 Å². The van der Waals surface area contributed by atoms with Crippen LogP contribution in [-0.2, 0) is 4.74 Å². The third-order valence-electron chi connectivity index (χ3n) is 2.17. The molecule has 1 aromatic heterocycles. The predicted octanol–water partition coefficient (Wildman–Crippen LogP) is 1.81. The molecular weight excluding hydrogens is 260 g/mol. The van der Waals surface area contributed by atoms with Crippen LogP contribution in [0.15, 0.2) is 12.4 Å². The maximum atomic E-state index is 11.4. The molecule has 1 rings (SSSR count). The van der Waals surface area contributed by atoms with Crippen LogP contribution in [0, 0.1) is 0 Å². The summed E-state index contributed by atoms with van der Waals surface area (Å²) in [7, 11) is 1.56. The second-order valence-electron chi connectivity index (χ2n) is 5.16. The molecule has 0 aliphatic carbocycles. The number of aromatic nitrogens is 2. The zero-order valence-electron chi connectivity index (χ0n) is 12.4. The van der Waals surface area contributed by atoms with E-state index in [0.29, 0.717) is 24.8 Å². The number of rotatable bonds is 6. The largest absolute Gasteiger partial charge is 0.494 e. The van der Waals surface area contributed by atoms with Crippen LogP contribution in [0.5, 0.6) is 5.75 Å². The number of nitrogens with one attached hydrogen (secondary N) is 2. The first kappa shape index (κ1) is 16.0. The zero-order valence-corrected chi connectivity index (χ0v) is 12.4. The van der Waals surface area contributed by atoms with Gasteiger partial charge < -0.3 is 20.1 Å². The highest BCUT2D eigenvalue weighted by atomic mass is 16.6. The Kier molecular flexibility index (Phi) is 6.02. The number of carbonyl (C=O) groups is 1. The molecule has 0 radical (unpaired) electrons. The van der Waals surface area contributed by atoms with Crippen molar-refractivity contribution in [2.75, 3.05) is 25.5 Å². The Labute approximate surface area is 119 Å². The van der Waals surface area contributed by atoms with E-state index in [-0.39, 0.29) is 0 Å². The summed E-state index contributed by atoms with van der Waals surface area (Å²) in [5.74, 6) is 1.14. The molecular formula is C13H22N4O3. The third-order valence-corrected chi connectivity index (χ3v) is 2.17. The van der Waals surface area contributed by atoms with E-state index < -0.39 is 11.7 Å². The van der Waals surface area contributed by atoms with Crippen LogP contribution in [0.4, 0.5) is 10.7 Å². The number of anilines is 1. The molecule has 7 heteroatoms. The Bertz CT molecular complexity index is 415. The number of alkyl carbamates (subject to hydrolysis) is 1. The number of nitrogens with zero attached hydrogens (tertiary/aromatic N) is 2. The predicted molar refractivity (Wildman–Crippen MR) is 75.9 cm³/mol. The summed E-state index contributed by atoms with van der Waals surface area (Å²) in [4.78, 5) is 19.5. The van der Waals surface area contributed by atoms with Crippen LogP contribution < -0.4 is 15.4 Å². The van der Waals surface area contributed by atoms with Crippen molar-refractivity contribution in [3.05, 3.63) is 12.4 Å². The van der Waals surface area contributed by atoms with Gasteiger partial charge in [-0.25, -0.2) is 14.8 Å². The van der Waals surface area contributed by atoms with Gasteiger partial charge in [0.15, 0.2) is 5.75 Å². The average Bonchev–Trinajstić information content (AvgIpc) is 2.37. The van der Waals surface area contributed by atoms with Gasteiger partial charge in [-0.3, -0.25) is 0 Å². The third kappa shape index (κ3) is 6.77. The van der Waals surface area contributed by atoms with E-state index in [1.165, 1.54) is 0 Å². The molecule has 1 heterocycles. The minimum absolute atomic E-state index is 0.404. The smallest absolute Gasteiger partial charge is 0.407 e. The molecule has 0 bridgehead atoms. The first-order valence-corrected chi connectivity index (χ1v) is 6.47. The molecule has 0 saturated heterocycles. The standard InChI is InChI=1S/C13H22N4O3/c1-13(2,3)20-12(18)15-7-5-6-14-11-16-8-10(19-4)9-17-11/h8-9H,5-7H2,1-4H3,(H,15,18)(H,14,16,17). The first-order chi connectivity index (χ1) is 9.40. The van der Waals surface area contributed by atoms with E-state index in [4.69, 9.17) is 9.47 Å². The summed E-state index contributed by atoms with van der Waals surface area (Å²) in [6, 6.07) is 0. The van der Waals surface area contributed by atoms with Crippen molar-refractivity contribution < 1.29 is 14.3 Å². The van der Waals surface area contributed by atoms with Gasteiger partial charge in [0.2, 0.25) is 5.95 Å². The van der Waals surface area contributed by atoms with E-state index in [2.05, 4.69) is 20.6 Å². The molecule has 1 aromatic rings. The summed E-state index contributed by atoms with van der Waals surface area (Å²) in [6.07, 6.45) is 3.52. The fourth-order valence-electron chi connectivity index (χ4n) is 1.31. The van der Waals surface area contributed by atoms with Crippen LogP contribution in [0.2, 0.25) is 0 Å². The molecule has 2 N–H and O–H groups in total. The summed E-state index contributed by atoms with van der Waals surface area (Å²) in [6.45, 7) is 6.67. The highest BCUT2D eigenvalue weighted by molar-refractivity contribution is 5.67. The molecule has 20 heavy (non-hydrogen) atoms. The van der Waals surface area contributed by atoms with Crippen molar-refractivity contribution >= 4 is 12.0 Å². The van der Waals surface area contributed by atoms with Crippen LogP contribution in [0.3, 0.4) is 0 Å². The van der Waals surface area contributed by atoms with E-state index in [9.17, 15) is 4.79 Å². The van der Waals surface area contributed by atoms with E-state index in [1.54, 1.807) is 19.5 Å². The second-order valence-corrected chi connectivity index (χ2v) is 5.16. The molecule has 0 saturated carbocycles. The minimum Gasteiger partial charge on any atom is -0.494 e. The zero-order chi connectivity index (χ0) is 15.0. The van der Waals surface area contributed by atoms with Crippen molar-refractivity contribution in [1.29, 1.82) is 0 Å². The minimum atomic E-state index is -0.473. The van der Waals surface area contributed by atoms with Gasteiger partial charge in [-0.2, -0.15) is 0 Å². The Morgan fingerprint density at radius 1 is 1.25 bits per heavy atom. The lowest BCUT2D eigenvalue weighted by atomic mass is 10.2. The lowest BCUT2D eigenvalue weighted by Gasteiger charge is -2.19. The van der Waals surface area contributed by atoms with Gasteiger partial charge in [-0.15, -0.1) is 0 Å². The van der Waals surface area contributed by atoms with Crippen LogP contribution in [0.1, 0.15) is 27.2 Å². The van der Waals surface area contributed by atoms with Gasteiger partial charge in [-0.1, -0.05) is 0 Å². The monoisotopic (exact) mass is 282 g/mol. The van der Waals surface area contributed by atoms with E-state index in [0.717, 1.165) is 6.42 Å². The van der Waals surface area contributed by atoms with Crippen LogP contribution in [0.25, 0.3) is 0 Å². The molecule has 0 atom stereocenters. The number of ether oxygens (including phenoxy) is 2. The van der Waals surface area contributed by atoms with Crippen molar-refractivity contribution in [2.24, 2.45) is 0 Å². The Balaban J connectivity index is 2.14. The second kappa shape index (κ2) is 7.52. The first-order valence-electron chi connectivity index (χ1n) is 6.47. The van der Waals surface area contributed by atoms with Crippen molar-refractivity contribution in [2.45, 2.75) is 32.8 Å². The highest BCUT2D eigenvalue weighted by Crippen LogP contribution is 2.07. The van der Waals surface area contributed by atoms with Gasteiger partial charge in [0.1, 0.15) is 5.60 Å². The summed E-state index contributed by atoms with van der Waals surface area (Å²) >= 11 is 0. The fraction of sp³-hybridized carbons (Fsp3) is 0.615. The number of hydrogen-bond donors (Lipinski definition) is 2. The Morgan fingerprint density at radius 2 is 1.90 bits per heavy atom. The van der Waals surface area contributed by atoms with Gasteiger partial charge in [0.25, 0.3) is 0 Å². The number of carbonyl (C=O) groups excluding carboxylic acids is 1. The molecule has 1 amide bonds. The normalized spacial score (nSPS) is 10.8. The average molecular weight is 282 g/mol. The van der Waals surface area contributed by atoms with Crippen LogP contribution >= 0.6 is 0 Å². The summed E-state index contributed by atoms with van der Waals surface area (Å²) < 4.78 is 10.1. The number of hydrogen-bond acceptors (Lipinski definition) is 6. The van der Waals surface area contributed by atoms with Gasteiger partial charge in [0.05, 0.1) is 19.5 Å². The number of methoxy groups -OCH3 is 1. The fourth-order valence-corrected chi connectivity index (χ4v) is 1.31.